The molecule has 1 aromatic heterocycles. The van der Waals surface area contributed by atoms with Crippen molar-refractivity contribution < 1.29 is 19.1 Å². The van der Waals surface area contributed by atoms with Gasteiger partial charge in [0, 0.05) is 70.7 Å². The van der Waals surface area contributed by atoms with E-state index in [1.165, 1.54) is 36.8 Å². The number of carbonyl (C=O) groups is 1. The number of likely N-dealkylation sites (N-methyl/N-ethyl adjacent to an activating group) is 1. The first kappa shape index (κ1) is 30.1. The molecule has 1 saturated heterocycles. The monoisotopic (exact) mass is 593 g/mol. The third-order valence-electron chi connectivity index (χ3n) is 9.51. The van der Waals surface area contributed by atoms with E-state index in [1.807, 2.05) is 13.0 Å². The summed E-state index contributed by atoms with van der Waals surface area (Å²) in [7, 11) is 2.16. The highest BCUT2D eigenvalue weighted by Gasteiger charge is 2.34. The van der Waals surface area contributed by atoms with Gasteiger partial charge in [-0.05, 0) is 69.3 Å². The maximum Gasteiger partial charge on any atom is 0.223 e. The zero-order valence-corrected chi connectivity index (χ0v) is 25.6. The number of aliphatic hydroxyl groups is 1. The summed E-state index contributed by atoms with van der Waals surface area (Å²) < 4.78 is 11.3. The van der Waals surface area contributed by atoms with Crippen LogP contribution < -0.4 is 15.4 Å². The first-order chi connectivity index (χ1) is 20.9. The Hall–Kier alpha value is -2.99. The number of β-amino-alcohol motifs (C(OH)–C–C–N with tert-alkyl or cyclic N) is 1. The number of carbonyl (C=O) groups excluding carboxylic acids is 1. The Bertz CT molecular complexity index is 1270. The summed E-state index contributed by atoms with van der Waals surface area (Å²) in [6, 6.07) is 6.69. The molecule has 3 N–H and O–H groups in total. The number of piperazine rings is 1. The topological polar surface area (TPSA) is 119 Å². The van der Waals surface area contributed by atoms with Crippen LogP contribution in [0.2, 0.25) is 0 Å². The van der Waals surface area contributed by atoms with Crippen molar-refractivity contribution in [2.45, 2.75) is 76.9 Å². The van der Waals surface area contributed by atoms with Crippen molar-refractivity contribution in [1.82, 2.24) is 30.3 Å². The van der Waals surface area contributed by atoms with Crippen LogP contribution in [0.1, 0.15) is 54.7 Å². The number of amides is 1. The van der Waals surface area contributed by atoms with Crippen molar-refractivity contribution in [3.63, 3.8) is 0 Å². The predicted molar refractivity (Wildman–Crippen MR) is 164 cm³/mol. The Kier molecular flexibility index (Phi) is 9.61. The summed E-state index contributed by atoms with van der Waals surface area (Å²) in [5.74, 6) is 2.43. The molecular formula is C32H47N7O4. The summed E-state index contributed by atoms with van der Waals surface area (Å²) in [5.41, 5.74) is 3.36. The van der Waals surface area contributed by atoms with E-state index in [1.54, 1.807) is 0 Å². The number of hydrogen-bond donors (Lipinski definition) is 3. The average Bonchev–Trinajstić information content (AvgIpc) is 3.41. The van der Waals surface area contributed by atoms with Crippen molar-refractivity contribution >= 4 is 11.7 Å². The minimum atomic E-state index is -0.628. The molecule has 0 radical (unpaired) electrons. The summed E-state index contributed by atoms with van der Waals surface area (Å²) in [6.07, 6.45) is 6.74. The van der Waals surface area contributed by atoms with E-state index >= 15 is 0 Å². The number of fused-ring (bicyclic) bond motifs is 1. The molecule has 0 spiro atoms. The second kappa shape index (κ2) is 13.8. The summed E-state index contributed by atoms with van der Waals surface area (Å²) >= 11 is 0. The number of oxazole rings is 1. The molecule has 1 saturated carbocycles. The molecule has 1 amide bonds. The van der Waals surface area contributed by atoms with E-state index in [4.69, 9.17) is 14.1 Å². The number of amidine groups is 1. The summed E-state index contributed by atoms with van der Waals surface area (Å²) in [6.45, 7) is 8.67. The van der Waals surface area contributed by atoms with Gasteiger partial charge in [0.2, 0.25) is 5.91 Å². The zero-order valence-electron chi connectivity index (χ0n) is 25.6. The molecule has 4 aliphatic rings. The van der Waals surface area contributed by atoms with E-state index in [2.05, 4.69) is 49.5 Å². The fraction of sp³-hybridized carbons (Fsp3) is 0.656. The van der Waals surface area contributed by atoms with Gasteiger partial charge in [0.1, 0.15) is 18.5 Å². The highest BCUT2D eigenvalue weighted by molar-refractivity contribution is 5.90. The van der Waals surface area contributed by atoms with Gasteiger partial charge in [-0.2, -0.15) is 0 Å². The van der Waals surface area contributed by atoms with E-state index in [-0.39, 0.29) is 24.5 Å². The van der Waals surface area contributed by atoms with Crippen LogP contribution in [0.5, 0.6) is 5.75 Å². The molecule has 2 unspecified atom stereocenters. The van der Waals surface area contributed by atoms with Crippen LogP contribution >= 0.6 is 0 Å². The lowest BCUT2D eigenvalue weighted by Gasteiger charge is -2.40. The van der Waals surface area contributed by atoms with Crippen LogP contribution in [-0.2, 0) is 24.4 Å². The molecule has 43 heavy (non-hydrogen) atoms. The molecule has 3 aliphatic heterocycles. The number of aliphatic hydroxyl groups excluding tert-OH is 1. The molecule has 11 heteroatoms. The largest absolute Gasteiger partial charge is 0.486 e. The highest BCUT2D eigenvalue weighted by Crippen LogP contribution is 2.27. The quantitative estimate of drug-likeness (QED) is 0.380. The molecule has 6 rings (SSSR count). The minimum absolute atomic E-state index is 0.0260. The number of ether oxygens (including phenoxy) is 1. The number of nitrogens with one attached hydrogen (secondary N) is 2. The number of hydrogen-bond acceptors (Lipinski definition) is 10. The predicted octanol–water partition coefficient (Wildman–Crippen LogP) is 1.92. The first-order valence-corrected chi connectivity index (χ1v) is 16.0. The van der Waals surface area contributed by atoms with Crippen molar-refractivity contribution in [3.8, 4) is 5.75 Å². The Balaban J connectivity index is 0.973. The van der Waals surface area contributed by atoms with Gasteiger partial charge in [0.05, 0.1) is 17.6 Å². The minimum Gasteiger partial charge on any atom is -0.486 e. The molecular weight excluding hydrogens is 546 g/mol. The van der Waals surface area contributed by atoms with Gasteiger partial charge in [0.15, 0.2) is 12.2 Å². The number of aliphatic imine (C=N–C) groups is 1. The van der Waals surface area contributed by atoms with Gasteiger partial charge in [-0.1, -0.05) is 6.07 Å². The van der Waals surface area contributed by atoms with E-state index in [9.17, 15) is 9.90 Å². The number of nitrogens with zero attached hydrogens (tertiary/aromatic N) is 5. The maximum atomic E-state index is 13.4. The molecule has 4 heterocycles. The van der Waals surface area contributed by atoms with E-state index in [0.717, 1.165) is 75.1 Å². The van der Waals surface area contributed by atoms with Gasteiger partial charge < -0.3 is 29.8 Å². The molecule has 2 aromatic rings. The average molecular weight is 594 g/mol. The lowest BCUT2D eigenvalue weighted by atomic mass is 9.90. The summed E-state index contributed by atoms with van der Waals surface area (Å²) in [5, 5.41) is 17.6. The molecule has 234 valence electrons. The fourth-order valence-corrected chi connectivity index (χ4v) is 6.46. The van der Waals surface area contributed by atoms with E-state index < -0.39 is 6.10 Å². The van der Waals surface area contributed by atoms with Crippen LogP contribution in [-0.4, -0.2) is 108 Å². The van der Waals surface area contributed by atoms with Gasteiger partial charge in [-0.3, -0.25) is 19.6 Å². The van der Waals surface area contributed by atoms with Crippen LogP contribution in [0.3, 0.4) is 0 Å². The standard InChI is InChI=1S/C32H47N7O4/c1-22-29(43-21-34-22)20-42-28-7-6-24-18-38(9-8-23(24)14-28)19-27(40)17-33-32(41)25-15-30(35-26-4-3-5-26)36-31(16-25)39-12-10-37(2)11-13-39/h6-7,14,21,25-27,31,40H,3-5,8-13,15-20H2,1-2H3,(H,33,41)(H,35,36)/t25?,27-,31?/m0/s1. The number of aromatic nitrogens is 1. The van der Waals surface area contributed by atoms with Gasteiger partial charge >= 0.3 is 0 Å². The second-order valence-electron chi connectivity index (χ2n) is 12.8. The van der Waals surface area contributed by atoms with Gasteiger partial charge in [0.25, 0.3) is 0 Å². The molecule has 0 bridgehead atoms. The maximum absolute atomic E-state index is 13.4. The van der Waals surface area contributed by atoms with Crippen LogP contribution in [0.4, 0.5) is 0 Å². The van der Waals surface area contributed by atoms with Crippen LogP contribution in [0.25, 0.3) is 0 Å². The lowest BCUT2D eigenvalue weighted by molar-refractivity contribution is -0.126. The molecule has 11 nitrogen and oxygen atoms in total. The van der Waals surface area contributed by atoms with E-state index in [0.29, 0.717) is 25.6 Å². The zero-order chi connectivity index (χ0) is 29.8. The van der Waals surface area contributed by atoms with Crippen molar-refractivity contribution in [2.24, 2.45) is 10.9 Å². The Labute approximate surface area is 254 Å². The number of rotatable bonds is 10. The third kappa shape index (κ3) is 7.75. The smallest absolute Gasteiger partial charge is 0.223 e. The van der Waals surface area contributed by atoms with Crippen molar-refractivity contribution in [3.05, 3.63) is 47.2 Å². The summed E-state index contributed by atoms with van der Waals surface area (Å²) in [4.78, 5) is 29.6. The van der Waals surface area contributed by atoms with Crippen molar-refractivity contribution in [1.29, 1.82) is 0 Å². The Morgan fingerprint density at radius 1 is 1.19 bits per heavy atom. The molecule has 3 atom stereocenters. The lowest BCUT2D eigenvalue weighted by Crippen LogP contribution is -2.53. The fourth-order valence-electron chi connectivity index (χ4n) is 6.46. The van der Waals surface area contributed by atoms with Crippen LogP contribution in [0, 0.1) is 12.8 Å². The Morgan fingerprint density at radius 3 is 2.77 bits per heavy atom. The van der Waals surface area contributed by atoms with Crippen molar-refractivity contribution in [2.75, 3.05) is 52.9 Å². The Morgan fingerprint density at radius 2 is 2.02 bits per heavy atom. The molecule has 1 aliphatic carbocycles. The number of benzene rings is 1. The third-order valence-corrected chi connectivity index (χ3v) is 9.51. The molecule has 2 fully saturated rings. The number of aryl methyl sites for hydroxylation is 1. The SMILES string of the molecule is Cc1ncoc1COc1ccc2c(c1)CCN(C[C@@H](O)CNC(=O)C1CC(NC3CCC3)=NC(N3CCN(C)CC3)C1)C2. The second-order valence-corrected chi connectivity index (χ2v) is 12.8. The first-order valence-electron chi connectivity index (χ1n) is 16.0. The van der Waals surface area contributed by atoms with Gasteiger partial charge in [-0.15, -0.1) is 0 Å². The highest BCUT2D eigenvalue weighted by atomic mass is 16.5. The molecule has 1 aromatic carbocycles. The van der Waals surface area contributed by atoms with Gasteiger partial charge in [-0.25, -0.2) is 4.98 Å². The van der Waals surface area contributed by atoms with Crippen LogP contribution in [0.15, 0.2) is 34.0 Å². The normalized spacial score (nSPS) is 24.5.